The summed E-state index contributed by atoms with van der Waals surface area (Å²) in [7, 11) is 0. The molecule has 6 heteroatoms. The van der Waals surface area contributed by atoms with Crippen LogP contribution in [0.4, 0.5) is 16.2 Å². The second kappa shape index (κ2) is 7.28. The number of amides is 3. The third kappa shape index (κ3) is 3.97. The first-order valence-corrected chi connectivity index (χ1v) is 10.1. The number of furan rings is 1. The van der Waals surface area contributed by atoms with E-state index in [-0.39, 0.29) is 18.4 Å². The van der Waals surface area contributed by atoms with E-state index >= 15 is 0 Å². The van der Waals surface area contributed by atoms with Crippen LogP contribution in [0.15, 0.2) is 47.1 Å². The van der Waals surface area contributed by atoms with Crippen LogP contribution in [0, 0.1) is 0 Å². The molecule has 0 unspecified atom stereocenters. The monoisotopic (exact) mass is 389 g/mol. The number of rotatable bonds is 5. The van der Waals surface area contributed by atoms with Gasteiger partial charge in [0, 0.05) is 28.4 Å². The van der Waals surface area contributed by atoms with Gasteiger partial charge in [0.2, 0.25) is 5.91 Å². The van der Waals surface area contributed by atoms with Crippen molar-refractivity contribution in [3.8, 4) is 0 Å². The van der Waals surface area contributed by atoms with E-state index in [1.54, 1.807) is 30.5 Å². The summed E-state index contributed by atoms with van der Waals surface area (Å²) in [5, 5.41) is 9.61. The molecule has 29 heavy (non-hydrogen) atoms. The molecule has 5 rings (SSSR count). The predicted molar refractivity (Wildman–Crippen MR) is 112 cm³/mol. The summed E-state index contributed by atoms with van der Waals surface area (Å²) in [5.41, 5.74) is 5.87. The predicted octanol–water partition coefficient (Wildman–Crippen LogP) is 4.39. The van der Waals surface area contributed by atoms with E-state index in [1.165, 1.54) is 17.5 Å². The molecule has 3 N–H and O–H groups in total. The quantitative estimate of drug-likeness (QED) is 0.605. The summed E-state index contributed by atoms with van der Waals surface area (Å²) in [5.74, 6) is -0.0969. The molecule has 1 heterocycles. The number of carbonyl (C=O) groups is 2. The third-order valence-electron chi connectivity index (χ3n) is 5.56. The molecule has 0 aliphatic heterocycles. The van der Waals surface area contributed by atoms with Crippen molar-refractivity contribution >= 4 is 34.3 Å². The highest BCUT2D eigenvalue weighted by Gasteiger charge is 2.23. The fourth-order valence-corrected chi connectivity index (χ4v) is 3.88. The fraction of sp³-hybridized carbons (Fsp3) is 0.304. The highest BCUT2D eigenvalue weighted by molar-refractivity contribution is 5.96. The number of hydrogen-bond donors (Lipinski definition) is 3. The Hall–Kier alpha value is -3.28. The van der Waals surface area contributed by atoms with Crippen LogP contribution in [-0.2, 0) is 24.1 Å². The van der Waals surface area contributed by atoms with E-state index in [9.17, 15) is 9.59 Å². The lowest BCUT2D eigenvalue weighted by Gasteiger charge is -2.08. The van der Waals surface area contributed by atoms with Gasteiger partial charge in [-0.1, -0.05) is 0 Å². The number of hydrogen-bond acceptors (Lipinski definition) is 3. The molecule has 2 aromatic carbocycles. The van der Waals surface area contributed by atoms with Crippen molar-refractivity contribution in [3.63, 3.8) is 0 Å². The van der Waals surface area contributed by atoms with Gasteiger partial charge in [0.05, 0.1) is 12.7 Å². The number of urea groups is 1. The molecule has 3 amide bonds. The minimum atomic E-state index is -0.192. The minimum absolute atomic E-state index is 0.0969. The summed E-state index contributed by atoms with van der Waals surface area (Å²) < 4.78 is 5.68. The number of benzene rings is 2. The number of fused-ring (bicyclic) bond motifs is 2. The van der Waals surface area contributed by atoms with Gasteiger partial charge >= 0.3 is 6.03 Å². The lowest BCUT2D eigenvalue weighted by atomic mass is 10.0. The lowest BCUT2D eigenvalue weighted by molar-refractivity contribution is -0.115. The summed E-state index contributed by atoms with van der Waals surface area (Å²) in [6.07, 6.45) is 7.43. The lowest BCUT2D eigenvalue weighted by Crippen LogP contribution is -2.30. The van der Waals surface area contributed by atoms with Gasteiger partial charge in [-0.3, -0.25) is 4.79 Å². The smallest absolute Gasteiger partial charge is 0.319 e. The Balaban J connectivity index is 1.21. The Bertz CT molecular complexity index is 1080. The molecule has 0 radical (unpaired) electrons. The molecule has 0 spiro atoms. The Morgan fingerprint density at radius 2 is 1.66 bits per heavy atom. The van der Waals surface area contributed by atoms with Gasteiger partial charge < -0.3 is 20.4 Å². The Kier molecular flexibility index (Phi) is 4.46. The van der Waals surface area contributed by atoms with Crippen LogP contribution in [0.3, 0.4) is 0 Å². The van der Waals surface area contributed by atoms with E-state index < -0.39 is 0 Å². The second-order valence-electron chi connectivity index (χ2n) is 7.91. The normalized spacial score (nSPS) is 15.2. The minimum Gasteiger partial charge on any atom is -0.464 e. The SMILES string of the molecule is O=C(Cc1coc2cc3c(cc12)CCC3)Nc1ccc(NC(=O)NC2CC2)cc1. The molecule has 2 aliphatic rings. The molecule has 148 valence electrons. The van der Waals surface area contributed by atoms with Gasteiger partial charge in [-0.25, -0.2) is 4.79 Å². The maximum absolute atomic E-state index is 12.5. The molecule has 1 saturated carbocycles. The van der Waals surface area contributed by atoms with Gasteiger partial charge in [-0.05, 0) is 79.6 Å². The van der Waals surface area contributed by atoms with Gasteiger partial charge in [-0.2, -0.15) is 0 Å². The summed E-state index contributed by atoms with van der Waals surface area (Å²) in [6.45, 7) is 0. The van der Waals surface area contributed by atoms with E-state index in [4.69, 9.17) is 4.42 Å². The first-order chi connectivity index (χ1) is 14.1. The van der Waals surface area contributed by atoms with Crippen LogP contribution in [0.25, 0.3) is 11.0 Å². The van der Waals surface area contributed by atoms with Crippen molar-refractivity contribution < 1.29 is 14.0 Å². The largest absolute Gasteiger partial charge is 0.464 e. The Morgan fingerprint density at radius 3 is 2.38 bits per heavy atom. The highest BCUT2D eigenvalue weighted by Crippen LogP contribution is 2.30. The third-order valence-corrected chi connectivity index (χ3v) is 5.56. The molecule has 0 atom stereocenters. The zero-order chi connectivity index (χ0) is 19.8. The Morgan fingerprint density at radius 1 is 0.966 bits per heavy atom. The first kappa shape index (κ1) is 17.8. The molecule has 1 aromatic heterocycles. The summed E-state index contributed by atoms with van der Waals surface area (Å²) in [4.78, 5) is 24.3. The van der Waals surface area contributed by atoms with Gasteiger partial charge in [0.1, 0.15) is 5.58 Å². The zero-order valence-corrected chi connectivity index (χ0v) is 16.1. The zero-order valence-electron chi connectivity index (χ0n) is 16.1. The van der Waals surface area contributed by atoms with Crippen LogP contribution in [0.2, 0.25) is 0 Å². The molecular formula is C23H23N3O3. The summed E-state index contributed by atoms with van der Waals surface area (Å²) in [6, 6.07) is 11.5. The highest BCUT2D eigenvalue weighted by atomic mass is 16.3. The molecule has 3 aromatic rings. The molecule has 0 bridgehead atoms. The maximum Gasteiger partial charge on any atom is 0.319 e. The van der Waals surface area contributed by atoms with E-state index in [0.29, 0.717) is 17.4 Å². The van der Waals surface area contributed by atoms with Crippen molar-refractivity contribution in [1.29, 1.82) is 0 Å². The van der Waals surface area contributed by atoms with Gasteiger partial charge in [0.15, 0.2) is 0 Å². The van der Waals surface area contributed by atoms with Crippen LogP contribution < -0.4 is 16.0 Å². The average Bonchev–Trinajstić information content (AvgIpc) is 3.25. The first-order valence-electron chi connectivity index (χ1n) is 10.1. The fourth-order valence-electron chi connectivity index (χ4n) is 3.88. The van der Waals surface area contributed by atoms with Crippen molar-refractivity contribution in [2.24, 2.45) is 0 Å². The van der Waals surface area contributed by atoms with E-state index in [2.05, 4.69) is 28.1 Å². The van der Waals surface area contributed by atoms with Gasteiger partial charge in [0.25, 0.3) is 0 Å². The van der Waals surface area contributed by atoms with Gasteiger partial charge in [-0.15, -0.1) is 0 Å². The number of nitrogens with one attached hydrogen (secondary N) is 3. The van der Waals surface area contributed by atoms with Crippen molar-refractivity contribution in [3.05, 3.63) is 59.4 Å². The van der Waals surface area contributed by atoms with Crippen LogP contribution in [0.5, 0.6) is 0 Å². The van der Waals surface area contributed by atoms with Crippen LogP contribution in [0.1, 0.15) is 36.0 Å². The molecular weight excluding hydrogens is 366 g/mol. The standard InChI is InChI=1S/C23H23N3O3/c27-22(12-16-13-29-21-11-15-3-1-2-14(15)10-20(16)21)24-17-4-6-18(7-5-17)25-23(28)26-19-8-9-19/h4-7,10-11,13,19H,1-3,8-9,12H2,(H,24,27)(H2,25,26,28). The summed E-state index contributed by atoms with van der Waals surface area (Å²) >= 11 is 0. The molecule has 0 saturated heterocycles. The second-order valence-corrected chi connectivity index (χ2v) is 7.91. The van der Waals surface area contributed by atoms with Crippen LogP contribution >= 0.6 is 0 Å². The maximum atomic E-state index is 12.5. The molecule has 2 aliphatic carbocycles. The topological polar surface area (TPSA) is 83.4 Å². The van der Waals surface area contributed by atoms with Crippen LogP contribution in [-0.4, -0.2) is 18.0 Å². The van der Waals surface area contributed by atoms with E-state index in [0.717, 1.165) is 42.2 Å². The van der Waals surface area contributed by atoms with E-state index in [1.807, 2.05) is 0 Å². The molecule has 6 nitrogen and oxygen atoms in total. The number of anilines is 2. The number of carbonyl (C=O) groups excluding carboxylic acids is 2. The Labute approximate surface area is 168 Å². The van der Waals surface area contributed by atoms with Crippen molar-refractivity contribution in [1.82, 2.24) is 5.32 Å². The number of aryl methyl sites for hydroxylation is 2. The van der Waals surface area contributed by atoms with Crippen molar-refractivity contribution in [2.75, 3.05) is 10.6 Å². The molecule has 1 fully saturated rings. The average molecular weight is 389 g/mol. The van der Waals surface area contributed by atoms with Crippen molar-refractivity contribution in [2.45, 2.75) is 44.6 Å².